The van der Waals surface area contributed by atoms with E-state index in [0.29, 0.717) is 17.3 Å². The molecule has 1 saturated heterocycles. The maximum absolute atomic E-state index is 12.4. The highest BCUT2D eigenvalue weighted by atomic mass is 32.2. The summed E-state index contributed by atoms with van der Waals surface area (Å²) in [5, 5.41) is 0. The van der Waals surface area contributed by atoms with E-state index in [4.69, 9.17) is 4.74 Å². The van der Waals surface area contributed by atoms with Crippen LogP contribution < -0.4 is 9.64 Å². The van der Waals surface area contributed by atoms with Crippen LogP contribution in [0.5, 0.6) is 5.88 Å². The van der Waals surface area contributed by atoms with Gasteiger partial charge in [-0.15, -0.1) is 0 Å². The highest BCUT2D eigenvalue weighted by Gasteiger charge is 2.20. The van der Waals surface area contributed by atoms with Crippen molar-refractivity contribution in [2.24, 2.45) is 0 Å². The molecule has 0 bridgehead atoms. The maximum atomic E-state index is 12.4. The van der Waals surface area contributed by atoms with E-state index in [2.05, 4.69) is 14.8 Å². The number of anilines is 1. The molecule has 0 saturated carbocycles. The smallest absolute Gasteiger partial charge is 0.213 e. The molecular weight excluding hydrogens is 338 g/mol. The molecule has 0 N–H and O–H groups in total. The predicted octanol–water partition coefficient (Wildman–Crippen LogP) is 1.69. The van der Waals surface area contributed by atoms with Crippen molar-refractivity contribution in [3.63, 3.8) is 0 Å². The lowest BCUT2D eigenvalue weighted by molar-refractivity contribution is 0.272. The van der Waals surface area contributed by atoms with Crippen LogP contribution in [0.4, 0.5) is 5.69 Å². The monoisotopic (exact) mass is 361 g/mol. The molecule has 6 nitrogen and oxygen atoms in total. The van der Waals surface area contributed by atoms with Crippen molar-refractivity contribution in [2.75, 3.05) is 50.5 Å². The number of ether oxygens (including phenoxy) is 1. The van der Waals surface area contributed by atoms with E-state index >= 15 is 0 Å². The minimum Gasteiger partial charge on any atom is -0.481 e. The van der Waals surface area contributed by atoms with Crippen LogP contribution in [-0.2, 0) is 9.84 Å². The van der Waals surface area contributed by atoms with Crippen molar-refractivity contribution in [3.05, 3.63) is 48.7 Å². The second-order valence-electron chi connectivity index (χ2n) is 6.02. The van der Waals surface area contributed by atoms with Gasteiger partial charge in [-0.3, -0.25) is 4.90 Å². The van der Waals surface area contributed by atoms with Crippen LogP contribution >= 0.6 is 0 Å². The molecular formula is C18H23N3O3S. The number of methoxy groups -OCH3 is 1. The first-order valence-electron chi connectivity index (χ1n) is 8.34. The predicted molar refractivity (Wildman–Crippen MR) is 97.9 cm³/mol. The summed E-state index contributed by atoms with van der Waals surface area (Å²) >= 11 is 0. The maximum Gasteiger partial charge on any atom is 0.213 e. The third kappa shape index (κ3) is 4.49. The molecule has 3 rings (SSSR count). The minimum absolute atomic E-state index is 0.154. The van der Waals surface area contributed by atoms with Gasteiger partial charge in [0.05, 0.1) is 29.6 Å². The van der Waals surface area contributed by atoms with Crippen LogP contribution in [0.15, 0.2) is 53.6 Å². The molecule has 1 aromatic carbocycles. The normalized spacial score (nSPS) is 16.0. The van der Waals surface area contributed by atoms with Crippen LogP contribution in [0, 0.1) is 0 Å². The molecule has 2 aromatic rings. The van der Waals surface area contributed by atoms with E-state index in [9.17, 15) is 8.42 Å². The lowest BCUT2D eigenvalue weighted by Crippen LogP contribution is -2.47. The quantitative estimate of drug-likeness (QED) is 0.780. The van der Waals surface area contributed by atoms with Crippen molar-refractivity contribution in [1.29, 1.82) is 0 Å². The van der Waals surface area contributed by atoms with Gasteiger partial charge in [0, 0.05) is 38.8 Å². The summed E-state index contributed by atoms with van der Waals surface area (Å²) in [5.41, 5.74) is 1.07. The van der Waals surface area contributed by atoms with Gasteiger partial charge in [0.15, 0.2) is 9.84 Å². The average Bonchev–Trinajstić information content (AvgIpc) is 2.68. The van der Waals surface area contributed by atoms with Crippen LogP contribution in [0.3, 0.4) is 0 Å². The van der Waals surface area contributed by atoms with Gasteiger partial charge in [0.2, 0.25) is 5.88 Å². The highest BCUT2D eigenvalue weighted by molar-refractivity contribution is 7.91. The Bertz CT molecular complexity index is 771. The van der Waals surface area contributed by atoms with Crippen LogP contribution in [0.2, 0.25) is 0 Å². The molecule has 134 valence electrons. The number of hydrogen-bond donors (Lipinski definition) is 0. The lowest BCUT2D eigenvalue weighted by atomic mass is 10.3. The molecule has 1 fully saturated rings. The first-order valence-corrected chi connectivity index (χ1v) is 9.99. The summed E-state index contributed by atoms with van der Waals surface area (Å²) in [4.78, 5) is 9.10. The Morgan fingerprint density at radius 2 is 1.76 bits per heavy atom. The van der Waals surface area contributed by atoms with E-state index in [1.807, 2.05) is 24.4 Å². The van der Waals surface area contributed by atoms with Crippen LogP contribution in [-0.4, -0.2) is 63.9 Å². The minimum atomic E-state index is -3.21. The molecule has 7 heteroatoms. The summed E-state index contributed by atoms with van der Waals surface area (Å²) in [7, 11) is -1.61. The number of sulfone groups is 1. The molecule has 0 amide bonds. The zero-order chi connectivity index (χ0) is 17.7. The second kappa shape index (κ2) is 7.84. The Labute approximate surface area is 149 Å². The Balaban J connectivity index is 1.51. The van der Waals surface area contributed by atoms with E-state index in [1.165, 1.54) is 0 Å². The highest BCUT2D eigenvalue weighted by Crippen LogP contribution is 2.18. The molecule has 0 aliphatic carbocycles. The first kappa shape index (κ1) is 17.7. The summed E-state index contributed by atoms with van der Waals surface area (Å²) in [6.07, 6.45) is 1.81. The third-order valence-electron chi connectivity index (χ3n) is 4.45. The number of piperazine rings is 1. The molecule has 0 atom stereocenters. The zero-order valence-corrected chi connectivity index (χ0v) is 15.2. The lowest BCUT2D eigenvalue weighted by Gasteiger charge is -2.35. The van der Waals surface area contributed by atoms with Crippen molar-refractivity contribution in [1.82, 2.24) is 9.88 Å². The van der Waals surface area contributed by atoms with Gasteiger partial charge in [-0.25, -0.2) is 13.4 Å². The zero-order valence-electron chi connectivity index (χ0n) is 14.3. The van der Waals surface area contributed by atoms with Gasteiger partial charge >= 0.3 is 0 Å². The molecule has 0 radical (unpaired) electrons. The Kier molecular flexibility index (Phi) is 5.55. The van der Waals surface area contributed by atoms with E-state index in [0.717, 1.165) is 31.9 Å². The molecule has 2 heterocycles. The fraction of sp³-hybridized carbons (Fsp3) is 0.389. The number of nitrogens with zero attached hydrogens (tertiary/aromatic N) is 3. The summed E-state index contributed by atoms with van der Waals surface area (Å²) in [6, 6.07) is 12.5. The topological polar surface area (TPSA) is 62.7 Å². The SMILES string of the molecule is COc1ccc(N2CCN(CCS(=O)(=O)c3ccccc3)CC2)cn1. The van der Waals surface area contributed by atoms with Gasteiger partial charge in [-0.05, 0) is 18.2 Å². The van der Waals surface area contributed by atoms with E-state index in [-0.39, 0.29) is 5.75 Å². The fourth-order valence-electron chi connectivity index (χ4n) is 2.90. The van der Waals surface area contributed by atoms with Crippen molar-refractivity contribution < 1.29 is 13.2 Å². The Hall–Kier alpha value is -2.12. The Morgan fingerprint density at radius 3 is 2.36 bits per heavy atom. The van der Waals surface area contributed by atoms with Crippen molar-refractivity contribution in [2.45, 2.75) is 4.90 Å². The first-order chi connectivity index (χ1) is 12.1. The van der Waals surface area contributed by atoms with Gasteiger partial charge < -0.3 is 9.64 Å². The second-order valence-corrected chi connectivity index (χ2v) is 8.13. The molecule has 25 heavy (non-hydrogen) atoms. The van der Waals surface area contributed by atoms with Crippen molar-refractivity contribution in [3.8, 4) is 5.88 Å². The van der Waals surface area contributed by atoms with Gasteiger partial charge in [0.1, 0.15) is 0 Å². The standard InChI is InChI=1S/C18H23N3O3S/c1-24-18-8-7-16(15-19-18)21-11-9-20(10-12-21)13-14-25(22,23)17-5-3-2-4-6-17/h2-8,15H,9-14H2,1H3. The molecule has 1 aliphatic heterocycles. The fourth-order valence-corrected chi connectivity index (χ4v) is 4.21. The molecule has 0 unspecified atom stereocenters. The molecule has 0 spiro atoms. The van der Waals surface area contributed by atoms with Gasteiger partial charge in [-0.2, -0.15) is 0 Å². The van der Waals surface area contributed by atoms with Gasteiger partial charge in [0.25, 0.3) is 0 Å². The number of aromatic nitrogens is 1. The summed E-state index contributed by atoms with van der Waals surface area (Å²) < 4.78 is 29.8. The average molecular weight is 361 g/mol. The van der Waals surface area contributed by atoms with Crippen LogP contribution in [0.25, 0.3) is 0 Å². The van der Waals surface area contributed by atoms with Crippen molar-refractivity contribution >= 4 is 15.5 Å². The third-order valence-corrected chi connectivity index (χ3v) is 6.16. The number of benzene rings is 1. The van der Waals surface area contributed by atoms with E-state index < -0.39 is 9.84 Å². The van der Waals surface area contributed by atoms with E-state index in [1.54, 1.807) is 31.4 Å². The summed E-state index contributed by atoms with van der Waals surface area (Å²) in [6.45, 7) is 3.97. The number of hydrogen-bond acceptors (Lipinski definition) is 6. The molecule has 1 aliphatic rings. The molecule has 1 aromatic heterocycles. The number of pyridine rings is 1. The number of rotatable bonds is 6. The van der Waals surface area contributed by atoms with Gasteiger partial charge in [-0.1, -0.05) is 18.2 Å². The Morgan fingerprint density at radius 1 is 1.04 bits per heavy atom. The van der Waals surface area contributed by atoms with Crippen LogP contribution in [0.1, 0.15) is 0 Å². The summed E-state index contributed by atoms with van der Waals surface area (Å²) in [5.74, 6) is 0.759. The largest absolute Gasteiger partial charge is 0.481 e.